The van der Waals surface area contributed by atoms with Crippen molar-refractivity contribution in [2.24, 2.45) is 0 Å². The molecule has 8 heteroatoms. The maximum atomic E-state index is 12.0. The number of carbonyl (C=O) groups is 3. The van der Waals surface area contributed by atoms with E-state index in [0.29, 0.717) is 4.47 Å². The molecule has 0 unspecified atom stereocenters. The number of hydrogen-bond acceptors (Lipinski definition) is 4. The molecule has 1 aromatic carbocycles. The van der Waals surface area contributed by atoms with E-state index in [1.165, 1.54) is 13.2 Å². The number of nitrogens with one attached hydrogen (secondary N) is 1. The molecule has 0 fully saturated rings. The predicted octanol–water partition coefficient (Wildman–Crippen LogP) is 1.12. The second kappa shape index (κ2) is 6.90. The highest BCUT2D eigenvalue weighted by Gasteiger charge is 2.24. The number of halogens is 1. The number of amides is 1. The van der Waals surface area contributed by atoms with Gasteiger partial charge in [0.05, 0.1) is 19.1 Å². The van der Waals surface area contributed by atoms with E-state index in [9.17, 15) is 14.4 Å². The van der Waals surface area contributed by atoms with E-state index in [1.54, 1.807) is 12.1 Å². The first-order chi connectivity index (χ1) is 9.35. The third-order valence-electron chi connectivity index (χ3n) is 2.39. The number of hydrogen-bond donors (Lipinski definition) is 3. The first-order valence-corrected chi connectivity index (χ1v) is 6.23. The quantitative estimate of drug-likeness (QED) is 0.711. The van der Waals surface area contributed by atoms with Gasteiger partial charge in [-0.2, -0.15) is 0 Å². The van der Waals surface area contributed by atoms with Gasteiger partial charge in [0.1, 0.15) is 11.8 Å². The Morgan fingerprint density at radius 1 is 1.35 bits per heavy atom. The van der Waals surface area contributed by atoms with Crippen LogP contribution in [0.2, 0.25) is 0 Å². The molecule has 20 heavy (non-hydrogen) atoms. The lowest BCUT2D eigenvalue weighted by Gasteiger charge is -2.14. The molecule has 0 saturated heterocycles. The Bertz CT molecular complexity index is 545. The van der Waals surface area contributed by atoms with Gasteiger partial charge in [-0.3, -0.25) is 9.59 Å². The van der Waals surface area contributed by atoms with Gasteiger partial charge in [0, 0.05) is 4.47 Å². The molecule has 0 heterocycles. The lowest BCUT2D eigenvalue weighted by molar-refractivity contribution is -0.145. The molecule has 7 nitrogen and oxygen atoms in total. The van der Waals surface area contributed by atoms with E-state index in [2.05, 4.69) is 21.2 Å². The Labute approximate surface area is 122 Å². The summed E-state index contributed by atoms with van der Waals surface area (Å²) in [6.07, 6.45) is -0.708. The molecule has 3 N–H and O–H groups in total. The molecule has 0 bridgehead atoms. The van der Waals surface area contributed by atoms with E-state index >= 15 is 0 Å². The number of rotatable bonds is 6. The summed E-state index contributed by atoms with van der Waals surface area (Å²) in [4.78, 5) is 33.4. The number of carboxylic acid groups (broad SMARTS) is 2. The van der Waals surface area contributed by atoms with Crippen molar-refractivity contribution in [3.05, 3.63) is 28.2 Å². The number of aliphatic carboxylic acids is 2. The normalized spacial score (nSPS) is 11.5. The van der Waals surface area contributed by atoms with Crippen LogP contribution in [0, 0.1) is 0 Å². The highest BCUT2D eigenvalue weighted by atomic mass is 79.9. The molecule has 0 spiro atoms. The molecule has 0 aromatic heterocycles. The molecule has 108 valence electrons. The van der Waals surface area contributed by atoms with E-state index in [4.69, 9.17) is 14.9 Å². The average Bonchev–Trinajstić information content (AvgIpc) is 2.36. The molecule has 0 aliphatic carbocycles. The first-order valence-electron chi connectivity index (χ1n) is 5.44. The van der Waals surface area contributed by atoms with Crippen molar-refractivity contribution in [3.63, 3.8) is 0 Å². The van der Waals surface area contributed by atoms with Crippen molar-refractivity contribution in [1.82, 2.24) is 5.32 Å². The largest absolute Gasteiger partial charge is 0.496 e. The van der Waals surface area contributed by atoms with Gasteiger partial charge in [0.2, 0.25) is 0 Å². The van der Waals surface area contributed by atoms with Gasteiger partial charge < -0.3 is 20.3 Å². The van der Waals surface area contributed by atoms with Crippen LogP contribution < -0.4 is 10.1 Å². The van der Waals surface area contributed by atoms with Crippen LogP contribution in [0.3, 0.4) is 0 Å². The Hall–Kier alpha value is -2.09. The fourth-order valence-electron chi connectivity index (χ4n) is 1.46. The van der Waals surface area contributed by atoms with Crippen LogP contribution in [-0.4, -0.2) is 41.2 Å². The summed E-state index contributed by atoms with van der Waals surface area (Å²) in [5.41, 5.74) is 0.118. The smallest absolute Gasteiger partial charge is 0.326 e. The zero-order chi connectivity index (χ0) is 15.3. The van der Waals surface area contributed by atoms with Gasteiger partial charge in [-0.05, 0) is 18.2 Å². The van der Waals surface area contributed by atoms with E-state index in [1.807, 2.05) is 0 Å². The number of methoxy groups -OCH3 is 1. The standard InChI is InChI=1S/C12H12BrNO6/c1-20-9-4-6(13)2-3-7(9)11(17)14-8(12(18)19)5-10(15)16/h2-4,8H,5H2,1H3,(H,14,17)(H,15,16)(H,18,19)/t8-/m1/s1. The summed E-state index contributed by atoms with van der Waals surface area (Å²) in [5, 5.41) is 19.6. The minimum atomic E-state index is -1.51. The van der Waals surface area contributed by atoms with Gasteiger partial charge in [-0.25, -0.2) is 4.79 Å². The van der Waals surface area contributed by atoms with Gasteiger partial charge in [-0.15, -0.1) is 0 Å². The first kappa shape index (κ1) is 16.0. The van der Waals surface area contributed by atoms with Crippen LogP contribution in [0.4, 0.5) is 0 Å². The second-order valence-electron chi connectivity index (χ2n) is 3.81. The predicted molar refractivity (Wildman–Crippen MR) is 71.8 cm³/mol. The fraction of sp³-hybridized carbons (Fsp3) is 0.250. The second-order valence-corrected chi connectivity index (χ2v) is 4.72. The summed E-state index contributed by atoms with van der Waals surface area (Å²) in [6, 6.07) is 3.07. The van der Waals surface area contributed by atoms with E-state index in [0.717, 1.165) is 0 Å². The van der Waals surface area contributed by atoms with Crippen molar-refractivity contribution >= 4 is 33.8 Å². The molecular formula is C12H12BrNO6. The maximum Gasteiger partial charge on any atom is 0.326 e. The van der Waals surface area contributed by atoms with Gasteiger partial charge in [0.25, 0.3) is 5.91 Å². The number of carboxylic acids is 2. The number of ether oxygens (including phenoxy) is 1. The van der Waals surface area contributed by atoms with Crippen LogP contribution in [-0.2, 0) is 9.59 Å². The Balaban J connectivity index is 2.94. The third-order valence-corrected chi connectivity index (χ3v) is 2.88. The van der Waals surface area contributed by atoms with Crippen molar-refractivity contribution in [2.75, 3.05) is 7.11 Å². The molecule has 0 aliphatic rings. The van der Waals surface area contributed by atoms with Gasteiger partial charge >= 0.3 is 11.9 Å². The van der Waals surface area contributed by atoms with Crippen LogP contribution in [0.15, 0.2) is 22.7 Å². The molecular weight excluding hydrogens is 334 g/mol. The summed E-state index contributed by atoms with van der Waals surface area (Å²) in [7, 11) is 1.37. The Morgan fingerprint density at radius 2 is 2.00 bits per heavy atom. The van der Waals surface area contributed by atoms with E-state index < -0.39 is 30.3 Å². The average molecular weight is 346 g/mol. The molecule has 0 radical (unpaired) electrons. The van der Waals surface area contributed by atoms with Gasteiger partial charge in [0.15, 0.2) is 0 Å². The topological polar surface area (TPSA) is 113 Å². The minimum Gasteiger partial charge on any atom is -0.496 e. The van der Waals surface area contributed by atoms with E-state index in [-0.39, 0.29) is 11.3 Å². The third kappa shape index (κ3) is 4.23. The zero-order valence-corrected chi connectivity index (χ0v) is 12.0. The van der Waals surface area contributed by atoms with Crippen molar-refractivity contribution < 1.29 is 29.3 Å². The lowest BCUT2D eigenvalue weighted by Crippen LogP contribution is -2.42. The van der Waals surface area contributed by atoms with Gasteiger partial charge in [-0.1, -0.05) is 15.9 Å². The maximum absolute atomic E-state index is 12.0. The number of carbonyl (C=O) groups excluding carboxylic acids is 1. The summed E-state index contributed by atoms with van der Waals surface area (Å²) < 4.78 is 5.70. The van der Waals surface area contributed by atoms with Crippen LogP contribution in [0.25, 0.3) is 0 Å². The number of benzene rings is 1. The highest BCUT2D eigenvalue weighted by Crippen LogP contribution is 2.23. The molecule has 1 atom stereocenters. The molecule has 1 amide bonds. The summed E-state index contributed by atoms with van der Waals surface area (Å²) in [5.74, 6) is -3.21. The summed E-state index contributed by atoms with van der Waals surface area (Å²) in [6.45, 7) is 0. The molecule has 1 aromatic rings. The van der Waals surface area contributed by atoms with Crippen LogP contribution in [0.5, 0.6) is 5.75 Å². The van der Waals surface area contributed by atoms with Crippen LogP contribution >= 0.6 is 15.9 Å². The SMILES string of the molecule is COc1cc(Br)ccc1C(=O)N[C@H](CC(=O)O)C(=O)O. The van der Waals surface area contributed by atoms with Crippen molar-refractivity contribution in [2.45, 2.75) is 12.5 Å². The monoisotopic (exact) mass is 345 g/mol. The summed E-state index contributed by atoms with van der Waals surface area (Å²) >= 11 is 3.21. The Morgan fingerprint density at radius 3 is 2.50 bits per heavy atom. The Kier molecular flexibility index (Phi) is 5.51. The zero-order valence-electron chi connectivity index (χ0n) is 10.4. The minimum absolute atomic E-state index is 0.118. The highest BCUT2D eigenvalue weighted by molar-refractivity contribution is 9.10. The molecule has 1 rings (SSSR count). The molecule has 0 saturated carbocycles. The van der Waals surface area contributed by atoms with Crippen molar-refractivity contribution in [3.8, 4) is 5.75 Å². The lowest BCUT2D eigenvalue weighted by atomic mass is 10.1. The fourth-order valence-corrected chi connectivity index (χ4v) is 1.80. The van der Waals surface area contributed by atoms with Crippen LogP contribution in [0.1, 0.15) is 16.8 Å². The van der Waals surface area contributed by atoms with Crippen molar-refractivity contribution in [1.29, 1.82) is 0 Å². The molecule has 0 aliphatic heterocycles.